The van der Waals surface area contributed by atoms with Crippen LogP contribution >= 0.6 is 0 Å². The van der Waals surface area contributed by atoms with E-state index in [0.29, 0.717) is 12.4 Å². The summed E-state index contributed by atoms with van der Waals surface area (Å²) in [5, 5.41) is 8.81. The van der Waals surface area contributed by atoms with Crippen molar-refractivity contribution in [2.45, 2.75) is 13.8 Å². The van der Waals surface area contributed by atoms with Crippen molar-refractivity contribution >= 4 is 33.5 Å². The van der Waals surface area contributed by atoms with Gasteiger partial charge < -0.3 is 10.3 Å². The predicted molar refractivity (Wildman–Crippen MR) is 106 cm³/mol. The molecule has 3 N–H and O–H groups in total. The largest absolute Gasteiger partial charge is 0.361 e. The van der Waals surface area contributed by atoms with E-state index in [1.165, 1.54) is 10.9 Å². The fourth-order valence-electron chi connectivity index (χ4n) is 3.32. The van der Waals surface area contributed by atoms with Gasteiger partial charge in [0.05, 0.1) is 0 Å². The molecule has 0 aliphatic carbocycles. The van der Waals surface area contributed by atoms with E-state index in [9.17, 15) is 4.79 Å². The number of anilines is 1. The summed E-state index contributed by atoms with van der Waals surface area (Å²) in [5.74, 6) is 0.542. The Labute approximate surface area is 151 Å². The molecule has 2 heterocycles. The minimum absolute atomic E-state index is 0.246. The van der Waals surface area contributed by atoms with Gasteiger partial charge in [0.2, 0.25) is 0 Å². The molecule has 4 aromatic rings. The molecule has 0 aliphatic rings. The highest BCUT2D eigenvalue weighted by molar-refractivity contribution is 5.99. The number of hydrogen-bond acceptors (Lipinski definition) is 2. The Morgan fingerprint density at radius 3 is 2.88 bits per heavy atom. The van der Waals surface area contributed by atoms with Crippen LogP contribution in [0.1, 0.15) is 12.5 Å². The number of aromatic amines is 1. The lowest BCUT2D eigenvalue weighted by molar-refractivity contribution is 0.252. The van der Waals surface area contributed by atoms with Gasteiger partial charge in [-0.1, -0.05) is 18.2 Å². The van der Waals surface area contributed by atoms with Crippen molar-refractivity contribution in [1.29, 1.82) is 0 Å². The molecule has 130 valence electrons. The number of urea groups is 1. The van der Waals surface area contributed by atoms with Gasteiger partial charge in [-0.2, -0.15) is 0 Å². The Morgan fingerprint density at radius 2 is 2.04 bits per heavy atom. The van der Waals surface area contributed by atoms with Crippen molar-refractivity contribution < 1.29 is 4.79 Å². The van der Waals surface area contributed by atoms with Crippen LogP contribution in [0, 0.1) is 6.92 Å². The summed E-state index contributed by atoms with van der Waals surface area (Å²) >= 11 is 0. The summed E-state index contributed by atoms with van der Waals surface area (Å²) in [6, 6.07) is 14.4. The first kappa shape index (κ1) is 16.1. The molecule has 0 atom stereocenters. The van der Waals surface area contributed by atoms with Gasteiger partial charge in [0.1, 0.15) is 5.82 Å². The van der Waals surface area contributed by atoms with E-state index >= 15 is 0 Å². The van der Waals surface area contributed by atoms with Gasteiger partial charge in [0, 0.05) is 35.2 Å². The number of hydrogen-bond donors (Lipinski definition) is 3. The van der Waals surface area contributed by atoms with Crippen LogP contribution in [0.25, 0.3) is 32.8 Å². The summed E-state index contributed by atoms with van der Waals surface area (Å²) in [7, 11) is 0. The number of aryl methyl sites for hydroxylation is 1. The first-order valence-corrected chi connectivity index (χ1v) is 8.67. The SMILES string of the molecule is CCNC(=O)Nc1cc2cc(-c3cccc4[nH]ccc34)cc(C)c2cn1. The molecule has 4 rings (SSSR count). The lowest BCUT2D eigenvalue weighted by Gasteiger charge is -2.11. The molecule has 0 saturated heterocycles. The molecule has 0 spiro atoms. The van der Waals surface area contributed by atoms with E-state index in [1.54, 1.807) is 0 Å². The fraction of sp³-hybridized carbons (Fsp3) is 0.143. The van der Waals surface area contributed by atoms with Crippen LogP contribution in [0.15, 0.2) is 54.9 Å². The second-order valence-electron chi connectivity index (χ2n) is 6.31. The molecule has 26 heavy (non-hydrogen) atoms. The van der Waals surface area contributed by atoms with Crippen LogP contribution in [-0.4, -0.2) is 22.5 Å². The summed E-state index contributed by atoms with van der Waals surface area (Å²) < 4.78 is 0. The number of nitrogens with one attached hydrogen (secondary N) is 3. The Balaban J connectivity index is 1.81. The lowest BCUT2D eigenvalue weighted by Crippen LogP contribution is -2.28. The van der Waals surface area contributed by atoms with E-state index in [1.807, 2.05) is 25.4 Å². The van der Waals surface area contributed by atoms with Crippen molar-refractivity contribution in [2.75, 3.05) is 11.9 Å². The second kappa shape index (κ2) is 6.52. The van der Waals surface area contributed by atoms with Gasteiger partial charge in [0.25, 0.3) is 0 Å². The minimum Gasteiger partial charge on any atom is -0.361 e. The number of pyridine rings is 1. The maximum Gasteiger partial charge on any atom is 0.320 e. The molecule has 5 heteroatoms. The van der Waals surface area contributed by atoms with E-state index in [4.69, 9.17) is 0 Å². The zero-order valence-electron chi connectivity index (χ0n) is 14.8. The lowest BCUT2D eigenvalue weighted by atomic mass is 9.96. The van der Waals surface area contributed by atoms with Gasteiger partial charge >= 0.3 is 6.03 Å². The summed E-state index contributed by atoms with van der Waals surface area (Å²) in [6.45, 7) is 4.54. The van der Waals surface area contributed by atoms with Crippen molar-refractivity contribution in [3.8, 4) is 11.1 Å². The van der Waals surface area contributed by atoms with Crippen molar-refractivity contribution in [3.05, 3.63) is 60.4 Å². The van der Waals surface area contributed by atoms with Gasteiger partial charge in [-0.05, 0) is 60.2 Å². The molecule has 5 nitrogen and oxygen atoms in total. The molecule has 0 bridgehead atoms. The normalized spacial score (nSPS) is 11.0. The number of carbonyl (C=O) groups excluding carboxylic acids is 1. The van der Waals surface area contributed by atoms with Crippen molar-refractivity contribution in [3.63, 3.8) is 0 Å². The molecule has 2 amide bonds. The maximum absolute atomic E-state index is 11.8. The Hall–Kier alpha value is -3.34. The fourth-order valence-corrected chi connectivity index (χ4v) is 3.32. The average Bonchev–Trinajstić information content (AvgIpc) is 3.10. The van der Waals surface area contributed by atoms with Crippen LogP contribution in [0.5, 0.6) is 0 Å². The first-order valence-electron chi connectivity index (χ1n) is 8.67. The van der Waals surface area contributed by atoms with Crippen LogP contribution < -0.4 is 10.6 Å². The van der Waals surface area contributed by atoms with Gasteiger partial charge in [0.15, 0.2) is 0 Å². The highest BCUT2D eigenvalue weighted by atomic mass is 16.2. The maximum atomic E-state index is 11.8. The van der Waals surface area contributed by atoms with E-state index in [0.717, 1.165) is 27.4 Å². The zero-order valence-corrected chi connectivity index (χ0v) is 14.8. The van der Waals surface area contributed by atoms with Crippen LogP contribution in [0.3, 0.4) is 0 Å². The molecule has 0 fully saturated rings. The van der Waals surface area contributed by atoms with Crippen LogP contribution in [0.2, 0.25) is 0 Å². The van der Waals surface area contributed by atoms with Crippen LogP contribution in [0.4, 0.5) is 10.6 Å². The molecular weight excluding hydrogens is 324 g/mol. The van der Waals surface area contributed by atoms with Gasteiger partial charge in [-0.25, -0.2) is 9.78 Å². The van der Waals surface area contributed by atoms with Crippen LogP contribution in [-0.2, 0) is 0 Å². The summed E-state index contributed by atoms with van der Waals surface area (Å²) in [6.07, 6.45) is 3.77. The molecule has 0 unspecified atom stereocenters. The molecule has 0 saturated carbocycles. The Bertz CT molecular complexity index is 1110. The highest BCUT2D eigenvalue weighted by Gasteiger charge is 2.09. The number of aromatic nitrogens is 2. The number of fused-ring (bicyclic) bond motifs is 2. The number of carbonyl (C=O) groups is 1. The number of nitrogens with zero attached hydrogens (tertiary/aromatic N) is 1. The molecule has 0 radical (unpaired) electrons. The molecule has 0 aliphatic heterocycles. The topological polar surface area (TPSA) is 69.8 Å². The minimum atomic E-state index is -0.246. The third-order valence-corrected chi connectivity index (χ3v) is 4.53. The van der Waals surface area contributed by atoms with E-state index in [2.05, 4.69) is 63.9 Å². The monoisotopic (exact) mass is 344 g/mol. The summed E-state index contributed by atoms with van der Waals surface area (Å²) in [4.78, 5) is 19.4. The standard InChI is InChI=1S/C21H20N4O/c1-3-22-21(26)25-20-11-15-10-14(9-13(2)18(15)12-24-20)16-5-4-6-19-17(16)7-8-23-19/h4-12,23H,3H2,1-2H3,(H2,22,24,25,26). The Kier molecular flexibility index (Phi) is 4.05. The number of benzene rings is 2. The second-order valence-corrected chi connectivity index (χ2v) is 6.31. The van der Waals surface area contributed by atoms with Crippen molar-refractivity contribution in [2.24, 2.45) is 0 Å². The van der Waals surface area contributed by atoms with E-state index in [-0.39, 0.29) is 6.03 Å². The third-order valence-electron chi connectivity index (χ3n) is 4.53. The highest BCUT2D eigenvalue weighted by Crippen LogP contribution is 2.32. The summed E-state index contributed by atoms with van der Waals surface area (Å²) in [5.41, 5.74) is 4.61. The van der Waals surface area contributed by atoms with Gasteiger partial charge in [-0.3, -0.25) is 5.32 Å². The van der Waals surface area contributed by atoms with Crippen molar-refractivity contribution in [1.82, 2.24) is 15.3 Å². The van der Waals surface area contributed by atoms with E-state index < -0.39 is 0 Å². The zero-order chi connectivity index (χ0) is 18.1. The quantitative estimate of drug-likeness (QED) is 0.498. The number of amides is 2. The predicted octanol–water partition coefficient (Wildman–Crippen LogP) is 4.83. The molecule has 2 aromatic carbocycles. The Morgan fingerprint density at radius 1 is 1.15 bits per heavy atom. The molecule has 2 aromatic heterocycles. The number of H-pyrrole nitrogens is 1. The smallest absolute Gasteiger partial charge is 0.320 e. The number of rotatable bonds is 3. The average molecular weight is 344 g/mol. The van der Waals surface area contributed by atoms with Gasteiger partial charge in [-0.15, -0.1) is 0 Å². The first-order chi connectivity index (χ1) is 12.7. The molecular formula is C21H20N4O. The third kappa shape index (κ3) is 2.88.